The van der Waals surface area contributed by atoms with Crippen LogP contribution in [0.4, 0.5) is 5.69 Å². The SMILES string of the molecule is COC(=O)C1=C(C#N)NC(C)C(C(=O)O)(C(C)C)C1c1cccc([N+](=O)[O-])c1. The third kappa shape index (κ3) is 3.07. The standard InChI is InChI=1S/C19H21N3O6/c1-10(2)19(18(24)25)11(3)21-14(9-20)15(17(23)28-4)16(19)12-6-5-7-13(8-12)22(26)27/h5-8,10-11,16,21H,1-4H3,(H,24,25). The van der Waals surface area contributed by atoms with Crippen molar-refractivity contribution in [2.45, 2.75) is 32.7 Å². The van der Waals surface area contributed by atoms with E-state index in [4.69, 9.17) is 4.74 Å². The molecule has 0 aliphatic carbocycles. The molecule has 1 aliphatic rings. The average molecular weight is 387 g/mol. The number of nitrogens with one attached hydrogen (secondary N) is 1. The fraction of sp³-hybridized carbons (Fsp3) is 0.421. The Morgan fingerprint density at radius 1 is 1.43 bits per heavy atom. The molecule has 1 heterocycles. The van der Waals surface area contributed by atoms with E-state index in [1.807, 2.05) is 6.07 Å². The van der Waals surface area contributed by atoms with Crippen LogP contribution in [-0.2, 0) is 14.3 Å². The molecule has 0 fully saturated rings. The number of rotatable bonds is 5. The Labute approximate surface area is 161 Å². The van der Waals surface area contributed by atoms with E-state index in [1.165, 1.54) is 24.3 Å². The zero-order valence-electron chi connectivity index (χ0n) is 15.9. The number of aliphatic carboxylic acids is 1. The second-order valence-corrected chi connectivity index (χ2v) is 6.94. The second-order valence-electron chi connectivity index (χ2n) is 6.94. The highest BCUT2D eigenvalue weighted by Crippen LogP contribution is 2.52. The molecule has 9 nitrogen and oxygen atoms in total. The number of nitro benzene ring substituents is 1. The topological polar surface area (TPSA) is 143 Å². The Balaban J connectivity index is 2.95. The molecule has 148 valence electrons. The van der Waals surface area contributed by atoms with Gasteiger partial charge in [0.2, 0.25) is 0 Å². The van der Waals surface area contributed by atoms with Gasteiger partial charge in [-0.3, -0.25) is 14.9 Å². The van der Waals surface area contributed by atoms with Crippen LogP contribution < -0.4 is 5.32 Å². The largest absolute Gasteiger partial charge is 0.481 e. The molecule has 0 aromatic heterocycles. The minimum atomic E-state index is -1.56. The number of benzene rings is 1. The maximum atomic E-state index is 12.6. The van der Waals surface area contributed by atoms with Crippen molar-refractivity contribution >= 4 is 17.6 Å². The smallest absolute Gasteiger partial charge is 0.337 e. The summed E-state index contributed by atoms with van der Waals surface area (Å²) in [5.74, 6) is -3.66. The van der Waals surface area contributed by atoms with Crippen LogP contribution in [0.15, 0.2) is 35.5 Å². The van der Waals surface area contributed by atoms with Gasteiger partial charge in [-0.05, 0) is 18.4 Å². The Kier molecular flexibility index (Phi) is 5.73. The zero-order valence-corrected chi connectivity index (χ0v) is 15.9. The molecule has 2 rings (SSSR count). The van der Waals surface area contributed by atoms with Gasteiger partial charge in [-0.2, -0.15) is 5.26 Å². The highest BCUT2D eigenvalue weighted by molar-refractivity contribution is 5.95. The molecule has 3 atom stereocenters. The normalized spacial score (nSPS) is 24.3. The molecule has 0 saturated carbocycles. The van der Waals surface area contributed by atoms with Crippen LogP contribution in [0.2, 0.25) is 0 Å². The lowest BCUT2D eigenvalue weighted by molar-refractivity contribution is -0.384. The van der Waals surface area contributed by atoms with Crippen LogP contribution in [-0.4, -0.2) is 35.1 Å². The number of carboxylic acid groups (broad SMARTS) is 1. The Morgan fingerprint density at radius 3 is 2.54 bits per heavy atom. The average Bonchev–Trinajstić information content (AvgIpc) is 2.65. The predicted octanol–water partition coefficient (Wildman–Crippen LogP) is 2.35. The first-order valence-corrected chi connectivity index (χ1v) is 8.59. The number of carbonyl (C=O) groups is 2. The third-order valence-corrected chi connectivity index (χ3v) is 5.37. The predicted molar refractivity (Wildman–Crippen MR) is 98.0 cm³/mol. The maximum absolute atomic E-state index is 12.6. The van der Waals surface area contributed by atoms with E-state index < -0.39 is 40.2 Å². The van der Waals surface area contributed by atoms with Gasteiger partial charge in [0.1, 0.15) is 17.2 Å². The van der Waals surface area contributed by atoms with E-state index in [0.29, 0.717) is 0 Å². The molecule has 1 aliphatic heterocycles. The monoisotopic (exact) mass is 387 g/mol. The number of hydrogen-bond acceptors (Lipinski definition) is 7. The van der Waals surface area contributed by atoms with Crippen molar-refractivity contribution in [1.82, 2.24) is 5.32 Å². The number of non-ortho nitro benzene ring substituents is 1. The van der Waals surface area contributed by atoms with E-state index in [0.717, 1.165) is 7.11 Å². The summed E-state index contributed by atoms with van der Waals surface area (Å²) in [6.45, 7) is 5.01. The number of nitrogens with zero attached hydrogens (tertiary/aromatic N) is 2. The van der Waals surface area contributed by atoms with Crippen molar-refractivity contribution < 1.29 is 24.4 Å². The van der Waals surface area contributed by atoms with Crippen molar-refractivity contribution in [2.24, 2.45) is 11.3 Å². The Bertz CT molecular complexity index is 901. The van der Waals surface area contributed by atoms with Gasteiger partial charge in [0.15, 0.2) is 0 Å². The first-order valence-electron chi connectivity index (χ1n) is 8.59. The van der Waals surface area contributed by atoms with Crippen LogP contribution in [0.5, 0.6) is 0 Å². The number of allylic oxidation sites excluding steroid dienone is 1. The minimum absolute atomic E-state index is 0.103. The van der Waals surface area contributed by atoms with Crippen molar-refractivity contribution in [1.29, 1.82) is 5.26 Å². The number of esters is 1. The summed E-state index contributed by atoms with van der Waals surface area (Å²) >= 11 is 0. The molecule has 0 bridgehead atoms. The number of ether oxygens (including phenoxy) is 1. The van der Waals surface area contributed by atoms with Crippen molar-refractivity contribution in [3.63, 3.8) is 0 Å². The number of carbonyl (C=O) groups excluding carboxylic acids is 1. The van der Waals surface area contributed by atoms with Crippen LogP contribution >= 0.6 is 0 Å². The summed E-state index contributed by atoms with van der Waals surface area (Å²) in [6.07, 6.45) is 0. The fourth-order valence-corrected chi connectivity index (χ4v) is 4.12. The number of nitriles is 1. The van der Waals surface area contributed by atoms with Gasteiger partial charge in [0.25, 0.3) is 5.69 Å². The third-order valence-electron chi connectivity index (χ3n) is 5.37. The highest BCUT2D eigenvalue weighted by Gasteiger charge is 2.59. The molecule has 3 unspecified atom stereocenters. The minimum Gasteiger partial charge on any atom is -0.481 e. The molecule has 28 heavy (non-hydrogen) atoms. The molecule has 0 spiro atoms. The molecule has 0 radical (unpaired) electrons. The van der Waals surface area contributed by atoms with Gasteiger partial charge >= 0.3 is 11.9 Å². The summed E-state index contributed by atoms with van der Waals surface area (Å²) in [5, 5.41) is 33.9. The van der Waals surface area contributed by atoms with Crippen molar-refractivity contribution in [3.8, 4) is 6.07 Å². The lowest BCUT2D eigenvalue weighted by Gasteiger charge is -2.48. The summed E-state index contributed by atoms with van der Waals surface area (Å²) in [5.41, 5.74) is -1.80. The summed E-state index contributed by atoms with van der Waals surface area (Å²) in [6, 6.07) is 6.61. The second kappa shape index (κ2) is 7.68. The summed E-state index contributed by atoms with van der Waals surface area (Å²) in [7, 11) is 1.13. The molecule has 0 amide bonds. The molecular formula is C19H21N3O6. The first kappa shape index (κ1) is 20.9. The highest BCUT2D eigenvalue weighted by atomic mass is 16.6. The molecule has 1 aromatic rings. The molecule has 9 heteroatoms. The summed E-state index contributed by atoms with van der Waals surface area (Å²) < 4.78 is 4.82. The van der Waals surface area contributed by atoms with Crippen LogP contribution in [0, 0.1) is 32.8 Å². The van der Waals surface area contributed by atoms with Gasteiger partial charge < -0.3 is 15.2 Å². The zero-order chi connectivity index (χ0) is 21.2. The van der Waals surface area contributed by atoms with Gasteiger partial charge in [-0.1, -0.05) is 26.0 Å². The fourth-order valence-electron chi connectivity index (χ4n) is 4.12. The number of nitro groups is 1. The number of methoxy groups -OCH3 is 1. The molecule has 1 aromatic carbocycles. The Hall–Kier alpha value is -3.41. The van der Waals surface area contributed by atoms with E-state index in [9.17, 15) is 30.1 Å². The van der Waals surface area contributed by atoms with E-state index >= 15 is 0 Å². The Morgan fingerprint density at radius 2 is 2.07 bits per heavy atom. The van der Waals surface area contributed by atoms with Crippen molar-refractivity contribution in [3.05, 3.63) is 51.2 Å². The summed E-state index contributed by atoms with van der Waals surface area (Å²) in [4.78, 5) is 35.8. The van der Waals surface area contributed by atoms with Gasteiger partial charge in [0.05, 0.1) is 17.6 Å². The number of carboxylic acids is 1. The van der Waals surface area contributed by atoms with Crippen molar-refractivity contribution in [2.75, 3.05) is 7.11 Å². The van der Waals surface area contributed by atoms with E-state index in [1.54, 1.807) is 20.8 Å². The van der Waals surface area contributed by atoms with Crippen LogP contribution in [0.1, 0.15) is 32.3 Å². The quantitative estimate of drug-likeness (QED) is 0.445. The molecular weight excluding hydrogens is 366 g/mol. The van der Waals surface area contributed by atoms with E-state index in [2.05, 4.69) is 5.32 Å². The molecule has 2 N–H and O–H groups in total. The van der Waals surface area contributed by atoms with Gasteiger partial charge in [0, 0.05) is 24.1 Å². The maximum Gasteiger partial charge on any atom is 0.337 e. The van der Waals surface area contributed by atoms with Gasteiger partial charge in [-0.25, -0.2) is 4.79 Å². The first-order chi connectivity index (χ1) is 13.1. The van der Waals surface area contributed by atoms with Gasteiger partial charge in [-0.15, -0.1) is 0 Å². The van der Waals surface area contributed by atoms with E-state index in [-0.39, 0.29) is 22.5 Å². The van der Waals surface area contributed by atoms with Crippen LogP contribution in [0.25, 0.3) is 0 Å². The van der Waals surface area contributed by atoms with Crippen LogP contribution in [0.3, 0.4) is 0 Å². The molecule has 0 saturated heterocycles. The number of hydrogen-bond donors (Lipinski definition) is 2. The lowest BCUT2D eigenvalue weighted by atomic mass is 9.57. The lowest BCUT2D eigenvalue weighted by Crippen LogP contribution is -2.59.